The highest BCUT2D eigenvalue weighted by Crippen LogP contribution is 2.18. The predicted octanol–water partition coefficient (Wildman–Crippen LogP) is 2.72. The van der Waals surface area contributed by atoms with Crippen molar-refractivity contribution in [2.45, 2.75) is 30.7 Å². The van der Waals surface area contributed by atoms with Gasteiger partial charge in [0.1, 0.15) is 5.82 Å². The zero-order valence-electron chi connectivity index (χ0n) is 14.5. The number of aryl methyl sites for hydroxylation is 1. The molecule has 1 amide bonds. The monoisotopic (exact) mass is 376 g/mol. The zero-order chi connectivity index (χ0) is 18.7. The van der Waals surface area contributed by atoms with Crippen LogP contribution in [0.25, 0.3) is 0 Å². The first-order valence-electron chi connectivity index (χ1n) is 8.49. The molecule has 0 aromatic heterocycles. The van der Waals surface area contributed by atoms with Crippen LogP contribution in [0.3, 0.4) is 0 Å². The molecule has 3 rings (SSSR count). The van der Waals surface area contributed by atoms with Gasteiger partial charge in [-0.05, 0) is 44.0 Å². The minimum atomic E-state index is -3.59. The van der Waals surface area contributed by atoms with E-state index < -0.39 is 15.8 Å². The number of benzene rings is 2. The Balaban J connectivity index is 1.61. The lowest BCUT2D eigenvalue weighted by atomic mass is 10.0. The van der Waals surface area contributed by atoms with E-state index >= 15 is 0 Å². The predicted molar refractivity (Wildman–Crippen MR) is 96.8 cm³/mol. The SMILES string of the molecule is Cc1ccc(S(=O)(=O)NC2CCN(C(=O)c3ccccc3F)CC2)cc1. The average molecular weight is 376 g/mol. The Morgan fingerprint density at radius 2 is 1.69 bits per heavy atom. The maximum Gasteiger partial charge on any atom is 0.256 e. The Labute approximate surface area is 152 Å². The summed E-state index contributed by atoms with van der Waals surface area (Å²) in [5.41, 5.74) is 1.04. The van der Waals surface area contributed by atoms with Crippen LogP contribution >= 0.6 is 0 Å². The molecule has 0 aliphatic carbocycles. The van der Waals surface area contributed by atoms with Crippen molar-refractivity contribution in [1.82, 2.24) is 9.62 Å². The van der Waals surface area contributed by atoms with Crippen molar-refractivity contribution in [2.24, 2.45) is 0 Å². The maximum absolute atomic E-state index is 13.8. The summed E-state index contributed by atoms with van der Waals surface area (Å²) in [4.78, 5) is 14.2. The van der Waals surface area contributed by atoms with Crippen molar-refractivity contribution in [3.8, 4) is 0 Å². The lowest BCUT2D eigenvalue weighted by Gasteiger charge is -2.32. The van der Waals surface area contributed by atoms with Gasteiger partial charge in [-0.15, -0.1) is 0 Å². The summed E-state index contributed by atoms with van der Waals surface area (Å²) in [6, 6.07) is 12.3. The zero-order valence-corrected chi connectivity index (χ0v) is 15.3. The molecule has 138 valence electrons. The normalized spacial score (nSPS) is 15.8. The molecule has 1 saturated heterocycles. The van der Waals surface area contributed by atoms with Gasteiger partial charge < -0.3 is 4.90 Å². The number of amides is 1. The van der Waals surface area contributed by atoms with E-state index in [-0.39, 0.29) is 22.4 Å². The number of nitrogens with zero attached hydrogens (tertiary/aromatic N) is 1. The number of likely N-dealkylation sites (tertiary alicyclic amines) is 1. The molecular formula is C19H21FN2O3S. The summed E-state index contributed by atoms with van der Waals surface area (Å²) in [5, 5.41) is 0. The number of carbonyl (C=O) groups is 1. The molecule has 0 unspecified atom stereocenters. The van der Waals surface area contributed by atoms with Crippen molar-refractivity contribution in [1.29, 1.82) is 0 Å². The minimum absolute atomic E-state index is 0.0474. The Bertz CT molecular complexity index is 889. The van der Waals surface area contributed by atoms with Crippen LogP contribution in [0.4, 0.5) is 4.39 Å². The molecule has 26 heavy (non-hydrogen) atoms. The molecule has 0 radical (unpaired) electrons. The highest BCUT2D eigenvalue weighted by Gasteiger charge is 2.28. The number of halogens is 1. The van der Waals surface area contributed by atoms with Gasteiger partial charge in [-0.25, -0.2) is 17.5 Å². The van der Waals surface area contributed by atoms with E-state index in [2.05, 4.69) is 4.72 Å². The van der Waals surface area contributed by atoms with Crippen LogP contribution in [0, 0.1) is 12.7 Å². The number of sulfonamides is 1. The van der Waals surface area contributed by atoms with Crippen LogP contribution in [0.15, 0.2) is 53.4 Å². The third-order valence-electron chi connectivity index (χ3n) is 4.54. The molecular weight excluding hydrogens is 355 g/mol. The highest BCUT2D eigenvalue weighted by atomic mass is 32.2. The Hall–Kier alpha value is -2.25. The third-order valence-corrected chi connectivity index (χ3v) is 6.08. The van der Waals surface area contributed by atoms with Crippen LogP contribution in [0.1, 0.15) is 28.8 Å². The Morgan fingerprint density at radius 1 is 1.08 bits per heavy atom. The summed E-state index contributed by atoms with van der Waals surface area (Å²) in [5.74, 6) is -0.900. The molecule has 0 atom stereocenters. The molecule has 1 aliphatic heterocycles. The highest BCUT2D eigenvalue weighted by molar-refractivity contribution is 7.89. The molecule has 2 aromatic rings. The third kappa shape index (κ3) is 4.11. The van der Waals surface area contributed by atoms with E-state index in [1.165, 1.54) is 18.2 Å². The second-order valence-electron chi connectivity index (χ2n) is 6.48. The van der Waals surface area contributed by atoms with Crippen LogP contribution < -0.4 is 4.72 Å². The molecule has 0 saturated carbocycles. The smallest absolute Gasteiger partial charge is 0.256 e. The quantitative estimate of drug-likeness (QED) is 0.892. The average Bonchev–Trinajstić information content (AvgIpc) is 2.62. The van der Waals surface area contributed by atoms with Crippen molar-refractivity contribution in [3.05, 3.63) is 65.5 Å². The summed E-state index contributed by atoms with van der Waals surface area (Å²) in [6.07, 6.45) is 0.983. The fourth-order valence-electron chi connectivity index (χ4n) is 3.01. The second kappa shape index (κ2) is 7.55. The fourth-order valence-corrected chi connectivity index (χ4v) is 4.32. The summed E-state index contributed by atoms with van der Waals surface area (Å²) in [7, 11) is -3.59. The minimum Gasteiger partial charge on any atom is -0.338 e. The largest absolute Gasteiger partial charge is 0.338 e. The van der Waals surface area contributed by atoms with Gasteiger partial charge in [0, 0.05) is 19.1 Å². The number of piperidine rings is 1. The van der Waals surface area contributed by atoms with Gasteiger partial charge in [0.25, 0.3) is 5.91 Å². The standard InChI is InChI=1S/C19H21FN2O3S/c1-14-6-8-16(9-7-14)26(24,25)21-15-10-12-22(13-11-15)19(23)17-4-2-3-5-18(17)20/h2-9,15,21H,10-13H2,1H3. The number of rotatable bonds is 4. The first-order chi connectivity index (χ1) is 12.4. The summed E-state index contributed by atoms with van der Waals surface area (Å²) in [6.45, 7) is 2.66. The van der Waals surface area contributed by atoms with Crippen LogP contribution in [0.5, 0.6) is 0 Å². The molecule has 1 heterocycles. The first kappa shape index (κ1) is 18.5. The molecule has 1 N–H and O–H groups in total. The topological polar surface area (TPSA) is 66.5 Å². The van der Waals surface area contributed by atoms with Gasteiger partial charge in [-0.3, -0.25) is 4.79 Å². The van der Waals surface area contributed by atoms with E-state index in [9.17, 15) is 17.6 Å². The van der Waals surface area contributed by atoms with Crippen molar-refractivity contribution in [3.63, 3.8) is 0 Å². The molecule has 1 fully saturated rings. The summed E-state index contributed by atoms with van der Waals surface area (Å²) < 4.78 is 41.4. The van der Waals surface area contributed by atoms with Gasteiger partial charge in [0.15, 0.2) is 0 Å². The van der Waals surface area contributed by atoms with E-state index in [0.717, 1.165) is 5.56 Å². The maximum atomic E-state index is 13.8. The van der Waals surface area contributed by atoms with Crippen LogP contribution in [0.2, 0.25) is 0 Å². The van der Waals surface area contributed by atoms with Gasteiger partial charge in [0.05, 0.1) is 10.5 Å². The van der Waals surface area contributed by atoms with Gasteiger partial charge in [0.2, 0.25) is 10.0 Å². The number of hydrogen-bond acceptors (Lipinski definition) is 3. The Morgan fingerprint density at radius 3 is 2.31 bits per heavy atom. The fraction of sp³-hybridized carbons (Fsp3) is 0.316. The number of carbonyl (C=O) groups excluding carboxylic acids is 1. The second-order valence-corrected chi connectivity index (χ2v) is 8.19. The van der Waals surface area contributed by atoms with Crippen LogP contribution in [-0.4, -0.2) is 38.4 Å². The molecule has 0 bridgehead atoms. The van der Waals surface area contributed by atoms with E-state index in [1.54, 1.807) is 35.2 Å². The van der Waals surface area contributed by atoms with Gasteiger partial charge >= 0.3 is 0 Å². The van der Waals surface area contributed by atoms with Gasteiger partial charge in [-0.1, -0.05) is 29.8 Å². The Kier molecular flexibility index (Phi) is 5.38. The number of nitrogens with one attached hydrogen (secondary N) is 1. The number of hydrogen-bond donors (Lipinski definition) is 1. The molecule has 5 nitrogen and oxygen atoms in total. The van der Waals surface area contributed by atoms with Crippen molar-refractivity contribution < 1.29 is 17.6 Å². The van der Waals surface area contributed by atoms with E-state index in [1.807, 2.05) is 6.92 Å². The van der Waals surface area contributed by atoms with E-state index in [0.29, 0.717) is 25.9 Å². The molecule has 1 aliphatic rings. The molecule has 7 heteroatoms. The van der Waals surface area contributed by atoms with Crippen molar-refractivity contribution in [2.75, 3.05) is 13.1 Å². The summed E-state index contributed by atoms with van der Waals surface area (Å²) >= 11 is 0. The molecule has 2 aromatic carbocycles. The molecule has 0 spiro atoms. The lowest BCUT2D eigenvalue weighted by molar-refractivity contribution is 0.0706. The van der Waals surface area contributed by atoms with Crippen molar-refractivity contribution >= 4 is 15.9 Å². The van der Waals surface area contributed by atoms with E-state index in [4.69, 9.17) is 0 Å². The first-order valence-corrected chi connectivity index (χ1v) is 9.98. The lowest BCUT2D eigenvalue weighted by Crippen LogP contribution is -2.46. The van der Waals surface area contributed by atoms with Gasteiger partial charge in [-0.2, -0.15) is 0 Å². The van der Waals surface area contributed by atoms with Crippen LogP contribution in [-0.2, 0) is 10.0 Å².